The lowest BCUT2D eigenvalue weighted by molar-refractivity contribution is 0.147. The van der Waals surface area contributed by atoms with Crippen molar-refractivity contribution in [2.75, 3.05) is 7.05 Å². The van der Waals surface area contributed by atoms with Crippen molar-refractivity contribution in [3.8, 4) is 5.75 Å². The minimum absolute atomic E-state index is 0.257. The van der Waals surface area contributed by atoms with Crippen LogP contribution in [0.1, 0.15) is 33.1 Å². The number of likely N-dealkylation sites (N-methyl/N-ethyl adjacent to an activating group) is 1. The fourth-order valence-electron chi connectivity index (χ4n) is 1.95. The summed E-state index contributed by atoms with van der Waals surface area (Å²) in [5.41, 5.74) is 0. The molecule has 1 aromatic rings. The lowest BCUT2D eigenvalue weighted by Gasteiger charge is -2.26. The molecular weight excluding hydrogens is 198 g/mol. The first-order valence-corrected chi connectivity index (χ1v) is 6.20. The molecule has 2 unspecified atom stereocenters. The second kappa shape index (κ2) is 7.29. The third-order valence-electron chi connectivity index (χ3n) is 2.85. The molecule has 0 radical (unpaired) electrons. The van der Waals surface area contributed by atoms with Crippen LogP contribution in [0.2, 0.25) is 0 Å². The van der Waals surface area contributed by atoms with E-state index in [1.165, 1.54) is 6.42 Å². The van der Waals surface area contributed by atoms with Gasteiger partial charge in [0.2, 0.25) is 0 Å². The van der Waals surface area contributed by atoms with Crippen LogP contribution in [0.3, 0.4) is 0 Å². The molecule has 90 valence electrons. The number of nitrogens with one attached hydrogen (secondary N) is 1. The molecular formula is C14H23NO. The highest BCUT2D eigenvalue weighted by atomic mass is 16.5. The van der Waals surface area contributed by atoms with Gasteiger partial charge in [0, 0.05) is 6.04 Å². The van der Waals surface area contributed by atoms with Crippen LogP contribution in [-0.2, 0) is 0 Å². The smallest absolute Gasteiger partial charge is 0.119 e. The first-order valence-electron chi connectivity index (χ1n) is 6.20. The fraction of sp³-hybridized carbons (Fsp3) is 0.571. The molecule has 0 amide bonds. The molecule has 0 fully saturated rings. The zero-order chi connectivity index (χ0) is 11.8. The number of ether oxygens (including phenoxy) is 1. The van der Waals surface area contributed by atoms with E-state index in [9.17, 15) is 0 Å². The second-order valence-electron chi connectivity index (χ2n) is 4.06. The fourth-order valence-corrected chi connectivity index (χ4v) is 1.95. The van der Waals surface area contributed by atoms with Crippen LogP contribution < -0.4 is 10.1 Å². The average Bonchev–Trinajstić information content (AvgIpc) is 2.35. The molecule has 16 heavy (non-hydrogen) atoms. The van der Waals surface area contributed by atoms with Gasteiger partial charge in [-0.05, 0) is 32.0 Å². The van der Waals surface area contributed by atoms with Crippen molar-refractivity contribution >= 4 is 0 Å². The van der Waals surface area contributed by atoms with Crippen LogP contribution in [0.15, 0.2) is 30.3 Å². The van der Waals surface area contributed by atoms with E-state index >= 15 is 0 Å². The minimum Gasteiger partial charge on any atom is -0.489 e. The van der Waals surface area contributed by atoms with E-state index in [4.69, 9.17) is 4.74 Å². The maximum Gasteiger partial charge on any atom is 0.119 e. The maximum atomic E-state index is 6.01. The van der Waals surface area contributed by atoms with Gasteiger partial charge in [-0.2, -0.15) is 0 Å². The Balaban J connectivity index is 2.60. The summed E-state index contributed by atoms with van der Waals surface area (Å²) in [5.74, 6) is 0.964. The molecule has 0 aromatic heterocycles. The predicted octanol–water partition coefficient (Wildman–Crippen LogP) is 3.23. The predicted molar refractivity (Wildman–Crippen MR) is 68.9 cm³/mol. The highest BCUT2D eigenvalue weighted by Gasteiger charge is 2.18. The van der Waals surface area contributed by atoms with E-state index in [2.05, 4.69) is 19.2 Å². The van der Waals surface area contributed by atoms with Crippen molar-refractivity contribution in [2.45, 2.75) is 45.3 Å². The standard InChI is InChI=1S/C14H23NO/c1-4-9-13(15-3)14(5-2)16-12-10-7-6-8-11-12/h6-8,10-11,13-15H,4-5,9H2,1-3H3. The van der Waals surface area contributed by atoms with Crippen LogP contribution in [0, 0.1) is 0 Å². The second-order valence-corrected chi connectivity index (χ2v) is 4.06. The van der Waals surface area contributed by atoms with Crippen molar-refractivity contribution in [2.24, 2.45) is 0 Å². The van der Waals surface area contributed by atoms with E-state index in [0.717, 1.165) is 18.6 Å². The summed E-state index contributed by atoms with van der Waals surface area (Å²) in [4.78, 5) is 0. The van der Waals surface area contributed by atoms with Crippen molar-refractivity contribution in [1.82, 2.24) is 5.32 Å². The molecule has 1 aromatic carbocycles. The molecule has 0 bridgehead atoms. The molecule has 0 saturated heterocycles. The zero-order valence-corrected chi connectivity index (χ0v) is 10.6. The summed E-state index contributed by atoms with van der Waals surface area (Å²) in [6.45, 7) is 4.38. The van der Waals surface area contributed by atoms with Gasteiger partial charge in [0.25, 0.3) is 0 Å². The number of para-hydroxylation sites is 1. The Labute approximate surface area is 99.0 Å². The molecule has 1 rings (SSSR count). The molecule has 0 heterocycles. The third-order valence-corrected chi connectivity index (χ3v) is 2.85. The van der Waals surface area contributed by atoms with Gasteiger partial charge >= 0.3 is 0 Å². The van der Waals surface area contributed by atoms with Gasteiger partial charge < -0.3 is 10.1 Å². The number of hydrogen-bond donors (Lipinski definition) is 1. The summed E-state index contributed by atoms with van der Waals surface area (Å²) >= 11 is 0. The molecule has 0 aliphatic rings. The Bertz CT molecular complexity index is 273. The molecule has 1 N–H and O–H groups in total. The van der Waals surface area contributed by atoms with Gasteiger partial charge in [-0.1, -0.05) is 38.5 Å². The van der Waals surface area contributed by atoms with E-state index in [-0.39, 0.29) is 6.10 Å². The molecule has 0 spiro atoms. The molecule has 2 nitrogen and oxygen atoms in total. The highest BCUT2D eigenvalue weighted by Crippen LogP contribution is 2.16. The monoisotopic (exact) mass is 221 g/mol. The van der Waals surface area contributed by atoms with Gasteiger partial charge in [0.1, 0.15) is 11.9 Å². The molecule has 0 aliphatic carbocycles. The van der Waals surface area contributed by atoms with Crippen LogP contribution in [0.5, 0.6) is 5.75 Å². The van der Waals surface area contributed by atoms with E-state index < -0.39 is 0 Å². The Morgan fingerprint density at radius 1 is 1.19 bits per heavy atom. The summed E-state index contributed by atoms with van der Waals surface area (Å²) in [5, 5.41) is 3.35. The van der Waals surface area contributed by atoms with Crippen molar-refractivity contribution in [3.05, 3.63) is 30.3 Å². The largest absolute Gasteiger partial charge is 0.489 e. The maximum absolute atomic E-state index is 6.01. The summed E-state index contributed by atoms with van der Waals surface area (Å²) < 4.78 is 6.01. The van der Waals surface area contributed by atoms with Crippen LogP contribution >= 0.6 is 0 Å². The first-order chi connectivity index (χ1) is 7.81. The lowest BCUT2D eigenvalue weighted by Crippen LogP contribution is -2.40. The molecule has 2 atom stereocenters. The first kappa shape index (κ1) is 13.0. The summed E-state index contributed by atoms with van der Waals surface area (Å²) in [7, 11) is 2.01. The van der Waals surface area contributed by atoms with Gasteiger partial charge in [0.05, 0.1) is 0 Å². The van der Waals surface area contributed by atoms with Gasteiger partial charge in [-0.25, -0.2) is 0 Å². The van der Waals surface area contributed by atoms with Crippen molar-refractivity contribution in [1.29, 1.82) is 0 Å². The average molecular weight is 221 g/mol. The Morgan fingerprint density at radius 2 is 1.88 bits per heavy atom. The van der Waals surface area contributed by atoms with Crippen molar-refractivity contribution < 1.29 is 4.74 Å². The van der Waals surface area contributed by atoms with Crippen LogP contribution in [-0.4, -0.2) is 19.2 Å². The Hall–Kier alpha value is -1.02. The number of hydrogen-bond acceptors (Lipinski definition) is 2. The van der Waals surface area contributed by atoms with Crippen molar-refractivity contribution in [3.63, 3.8) is 0 Å². The zero-order valence-electron chi connectivity index (χ0n) is 10.6. The van der Waals surface area contributed by atoms with Gasteiger partial charge in [0.15, 0.2) is 0 Å². The van der Waals surface area contributed by atoms with E-state index in [0.29, 0.717) is 6.04 Å². The molecule has 0 saturated carbocycles. The SMILES string of the molecule is CCCC(NC)C(CC)Oc1ccccc1. The van der Waals surface area contributed by atoms with Crippen LogP contribution in [0.4, 0.5) is 0 Å². The topological polar surface area (TPSA) is 21.3 Å². The van der Waals surface area contributed by atoms with E-state index in [1.54, 1.807) is 0 Å². The Morgan fingerprint density at radius 3 is 2.38 bits per heavy atom. The Kier molecular flexibility index (Phi) is 5.94. The normalized spacial score (nSPS) is 14.4. The summed E-state index contributed by atoms with van der Waals surface area (Å²) in [6.07, 6.45) is 3.62. The van der Waals surface area contributed by atoms with Gasteiger partial charge in [-0.15, -0.1) is 0 Å². The summed E-state index contributed by atoms with van der Waals surface area (Å²) in [6, 6.07) is 10.5. The third kappa shape index (κ3) is 3.86. The highest BCUT2D eigenvalue weighted by molar-refractivity contribution is 5.21. The number of rotatable bonds is 7. The quantitative estimate of drug-likeness (QED) is 0.763. The van der Waals surface area contributed by atoms with Gasteiger partial charge in [-0.3, -0.25) is 0 Å². The van der Waals surface area contributed by atoms with E-state index in [1.807, 2.05) is 37.4 Å². The van der Waals surface area contributed by atoms with Crippen LogP contribution in [0.25, 0.3) is 0 Å². The molecule has 0 aliphatic heterocycles. The number of benzene rings is 1. The molecule has 2 heteroatoms. The lowest BCUT2D eigenvalue weighted by atomic mass is 10.0. The minimum atomic E-state index is 0.257.